The summed E-state index contributed by atoms with van der Waals surface area (Å²) in [7, 11) is 0. The molecular formula is C16H19N3O. The molecule has 4 N–H and O–H groups in total. The second-order valence-electron chi connectivity index (χ2n) is 4.71. The van der Waals surface area contributed by atoms with Crippen LogP contribution in [0.2, 0.25) is 0 Å². The van der Waals surface area contributed by atoms with Crippen molar-refractivity contribution in [2.45, 2.75) is 12.8 Å². The van der Waals surface area contributed by atoms with Gasteiger partial charge in [0.25, 0.3) is 5.91 Å². The third-order valence-electron chi connectivity index (χ3n) is 3.26. The molecule has 2 rings (SSSR count). The van der Waals surface area contributed by atoms with Gasteiger partial charge in [-0.3, -0.25) is 10.6 Å². The number of carbonyl (C=O) groups is 1. The fourth-order valence-electron chi connectivity index (χ4n) is 2.05. The van der Waals surface area contributed by atoms with Crippen molar-refractivity contribution in [1.29, 1.82) is 0 Å². The van der Waals surface area contributed by atoms with E-state index in [1.807, 2.05) is 30.3 Å². The first-order valence-electron chi connectivity index (χ1n) is 6.61. The first-order chi connectivity index (χ1) is 9.72. The zero-order chi connectivity index (χ0) is 14.4. The number of nitrogens with one attached hydrogen (secondary N) is 2. The zero-order valence-corrected chi connectivity index (χ0v) is 11.5. The number of rotatable bonds is 5. The molecule has 4 heteroatoms. The number of anilines is 1. The summed E-state index contributed by atoms with van der Waals surface area (Å²) >= 11 is 0. The van der Waals surface area contributed by atoms with Crippen molar-refractivity contribution in [1.82, 2.24) is 5.32 Å². The van der Waals surface area contributed by atoms with E-state index in [9.17, 15) is 4.79 Å². The maximum atomic E-state index is 12.2. The number of hydrogen-bond acceptors (Lipinski definition) is 3. The summed E-state index contributed by atoms with van der Waals surface area (Å²) in [5.41, 5.74) is 4.92. The lowest BCUT2D eigenvalue weighted by atomic mass is 10.0. The van der Waals surface area contributed by atoms with E-state index in [2.05, 4.69) is 29.8 Å². The summed E-state index contributed by atoms with van der Waals surface area (Å²) in [5, 5.41) is 2.94. The Kier molecular flexibility index (Phi) is 4.74. The minimum absolute atomic E-state index is 0.124. The van der Waals surface area contributed by atoms with Gasteiger partial charge in [-0.1, -0.05) is 49.4 Å². The molecule has 0 aromatic heterocycles. The van der Waals surface area contributed by atoms with Crippen molar-refractivity contribution in [3.8, 4) is 0 Å². The summed E-state index contributed by atoms with van der Waals surface area (Å²) in [4.78, 5) is 12.2. The van der Waals surface area contributed by atoms with Gasteiger partial charge >= 0.3 is 0 Å². The first-order valence-corrected chi connectivity index (χ1v) is 6.61. The molecular weight excluding hydrogens is 250 g/mol. The van der Waals surface area contributed by atoms with Crippen LogP contribution in [0.1, 0.15) is 28.8 Å². The van der Waals surface area contributed by atoms with E-state index >= 15 is 0 Å². The molecule has 20 heavy (non-hydrogen) atoms. The van der Waals surface area contributed by atoms with E-state index < -0.39 is 0 Å². The van der Waals surface area contributed by atoms with Crippen LogP contribution < -0.4 is 16.6 Å². The van der Waals surface area contributed by atoms with Crippen LogP contribution in [0.15, 0.2) is 54.6 Å². The topological polar surface area (TPSA) is 67.2 Å². The highest BCUT2D eigenvalue weighted by Crippen LogP contribution is 2.15. The average Bonchev–Trinajstić information content (AvgIpc) is 2.53. The lowest BCUT2D eigenvalue weighted by molar-refractivity contribution is 0.0952. The second kappa shape index (κ2) is 6.73. The monoisotopic (exact) mass is 269 g/mol. The van der Waals surface area contributed by atoms with E-state index in [1.165, 1.54) is 5.56 Å². The Morgan fingerprint density at radius 3 is 2.45 bits per heavy atom. The smallest absolute Gasteiger partial charge is 0.253 e. The normalized spacial score (nSPS) is 11.7. The van der Waals surface area contributed by atoms with Gasteiger partial charge < -0.3 is 10.7 Å². The van der Waals surface area contributed by atoms with Gasteiger partial charge in [0.15, 0.2) is 0 Å². The average molecular weight is 269 g/mol. The number of para-hydroxylation sites is 1. The van der Waals surface area contributed by atoms with Crippen LogP contribution >= 0.6 is 0 Å². The Hall–Kier alpha value is -2.33. The molecule has 104 valence electrons. The summed E-state index contributed by atoms with van der Waals surface area (Å²) in [5.74, 6) is 5.54. The predicted octanol–water partition coefficient (Wildman–Crippen LogP) is 2.51. The highest BCUT2D eigenvalue weighted by Gasteiger charge is 2.12. The molecule has 0 aliphatic carbocycles. The Labute approximate surface area is 119 Å². The van der Waals surface area contributed by atoms with Crippen molar-refractivity contribution in [3.05, 3.63) is 65.7 Å². The fraction of sp³-hybridized carbons (Fsp3) is 0.188. The molecule has 1 amide bonds. The number of carbonyl (C=O) groups excluding carboxylic acids is 1. The highest BCUT2D eigenvalue weighted by atomic mass is 16.1. The molecule has 0 radical (unpaired) electrons. The fourth-order valence-corrected chi connectivity index (χ4v) is 2.05. The Bertz CT molecular complexity index is 569. The van der Waals surface area contributed by atoms with Gasteiger partial charge in [0.2, 0.25) is 0 Å². The highest BCUT2D eigenvalue weighted by molar-refractivity contribution is 5.99. The molecule has 0 saturated heterocycles. The summed E-state index contributed by atoms with van der Waals surface area (Å²) in [6.07, 6.45) is 0. The maximum Gasteiger partial charge on any atom is 0.253 e. The molecule has 0 aliphatic heterocycles. The Balaban J connectivity index is 1.99. The van der Waals surface area contributed by atoms with Crippen molar-refractivity contribution >= 4 is 11.6 Å². The van der Waals surface area contributed by atoms with Gasteiger partial charge in [-0.05, 0) is 23.6 Å². The third kappa shape index (κ3) is 3.36. The van der Waals surface area contributed by atoms with Crippen molar-refractivity contribution in [2.24, 2.45) is 5.84 Å². The standard InChI is InChI=1S/C16H19N3O/c1-12(13-7-3-2-4-8-13)11-18-16(20)14-9-5-6-10-15(14)19-17/h2-10,12,19H,11,17H2,1H3,(H,18,20). The van der Waals surface area contributed by atoms with Gasteiger partial charge in [0.05, 0.1) is 11.3 Å². The molecule has 0 heterocycles. The number of amides is 1. The van der Waals surface area contributed by atoms with Gasteiger partial charge in [0, 0.05) is 6.54 Å². The number of nitrogen functional groups attached to an aromatic ring is 1. The lowest BCUT2D eigenvalue weighted by Crippen LogP contribution is -2.28. The minimum Gasteiger partial charge on any atom is -0.351 e. The van der Waals surface area contributed by atoms with Crippen LogP contribution in [0.3, 0.4) is 0 Å². The molecule has 0 fully saturated rings. The lowest BCUT2D eigenvalue weighted by Gasteiger charge is -2.14. The van der Waals surface area contributed by atoms with E-state index in [-0.39, 0.29) is 11.8 Å². The summed E-state index contributed by atoms with van der Waals surface area (Å²) in [6, 6.07) is 17.3. The van der Waals surface area contributed by atoms with Crippen LogP contribution in [0.5, 0.6) is 0 Å². The number of benzene rings is 2. The van der Waals surface area contributed by atoms with E-state index in [0.29, 0.717) is 17.8 Å². The van der Waals surface area contributed by atoms with Crippen molar-refractivity contribution < 1.29 is 4.79 Å². The quantitative estimate of drug-likeness (QED) is 0.577. The third-order valence-corrected chi connectivity index (χ3v) is 3.26. The molecule has 0 bridgehead atoms. The van der Waals surface area contributed by atoms with Gasteiger partial charge in [0.1, 0.15) is 0 Å². The minimum atomic E-state index is -0.124. The molecule has 0 saturated carbocycles. The van der Waals surface area contributed by atoms with Crippen molar-refractivity contribution in [3.63, 3.8) is 0 Å². The molecule has 2 aromatic carbocycles. The van der Waals surface area contributed by atoms with Crippen LogP contribution in [0.25, 0.3) is 0 Å². The van der Waals surface area contributed by atoms with Gasteiger partial charge in [-0.2, -0.15) is 0 Å². The van der Waals surface area contributed by atoms with E-state index in [0.717, 1.165) is 0 Å². The molecule has 1 atom stereocenters. The molecule has 4 nitrogen and oxygen atoms in total. The van der Waals surface area contributed by atoms with E-state index in [4.69, 9.17) is 5.84 Å². The van der Waals surface area contributed by atoms with Crippen LogP contribution in [0, 0.1) is 0 Å². The first kappa shape index (κ1) is 14.1. The summed E-state index contributed by atoms with van der Waals surface area (Å²) < 4.78 is 0. The molecule has 0 spiro atoms. The number of nitrogens with two attached hydrogens (primary N) is 1. The molecule has 2 aromatic rings. The number of hydrazine groups is 1. The maximum absolute atomic E-state index is 12.2. The predicted molar refractivity (Wildman–Crippen MR) is 81.4 cm³/mol. The largest absolute Gasteiger partial charge is 0.351 e. The van der Waals surface area contributed by atoms with Crippen LogP contribution in [-0.2, 0) is 0 Å². The Morgan fingerprint density at radius 1 is 1.10 bits per heavy atom. The van der Waals surface area contributed by atoms with Crippen LogP contribution in [0.4, 0.5) is 5.69 Å². The number of hydrogen-bond donors (Lipinski definition) is 3. The van der Waals surface area contributed by atoms with Crippen LogP contribution in [-0.4, -0.2) is 12.5 Å². The molecule has 0 aliphatic rings. The SMILES string of the molecule is CC(CNC(=O)c1ccccc1NN)c1ccccc1. The van der Waals surface area contributed by atoms with Gasteiger partial charge in [-0.25, -0.2) is 0 Å². The summed E-state index contributed by atoms with van der Waals surface area (Å²) in [6.45, 7) is 2.67. The Morgan fingerprint density at radius 2 is 1.75 bits per heavy atom. The van der Waals surface area contributed by atoms with Crippen molar-refractivity contribution in [2.75, 3.05) is 12.0 Å². The van der Waals surface area contributed by atoms with E-state index in [1.54, 1.807) is 12.1 Å². The second-order valence-corrected chi connectivity index (χ2v) is 4.71. The molecule has 1 unspecified atom stereocenters. The zero-order valence-electron chi connectivity index (χ0n) is 11.5. The van der Waals surface area contributed by atoms with Gasteiger partial charge in [-0.15, -0.1) is 0 Å².